The third kappa shape index (κ3) is 5.16. The number of carbonyl (C=O) groups is 2. The van der Waals surface area contributed by atoms with Gasteiger partial charge in [-0.05, 0) is 45.7 Å². The lowest BCUT2D eigenvalue weighted by atomic mass is 9.86. The van der Waals surface area contributed by atoms with Gasteiger partial charge in [-0.3, -0.25) is 14.5 Å². The molecule has 0 saturated carbocycles. The SMILES string of the molecule is Cc1ccnc(C(=O)Nc2cccc([C@]3(C)CC(=O)N([C@@H]4CCO[C@H](C)C4)C(N)=N3)c2Cl)n1.Cl. The lowest BCUT2D eigenvalue weighted by molar-refractivity contribution is -0.133. The number of nitrogens with one attached hydrogen (secondary N) is 1. The first kappa shape index (κ1) is 25.9. The van der Waals surface area contributed by atoms with Crippen LogP contribution < -0.4 is 11.1 Å². The quantitative estimate of drug-likeness (QED) is 0.654. The van der Waals surface area contributed by atoms with Crippen LogP contribution in [0.4, 0.5) is 5.69 Å². The highest BCUT2D eigenvalue weighted by atomic mass is 35.5. The van der Waals surface area contributed by atoms with Gasteiger partial charge in [-0.1, -0.05) is 23.7 Å². The van der Waals surface area contributed by atoms with E-state index in [1.165, 1.54) is 6.20 Å². The predicted octanol–water partition coefficient (Wildman–Crippen LogP) is 3.44. The van der Waals surface area contributed by atoms with Crippen molar-refractivity contribution < 1.29 is 14.3 Å². The lowest BCUT2D eigenvalue weighted by Crippen LogP contribution is -2.56. The summed E-state index contributed by atoms with van der Waals surface area (Å²) in [4.78, 5) is 40.2. The number of aliphatic imine (C=N–C) groups is 1. The summed E-state index contributed by atoms with van der Waals surface area (Å²) in [6.45, 7) is 6.16. The van der Waals surface area contributed by atoms with Gasteiger partial charge < -0.3 is 15.8 Å². The van der Waals surface area contributed by atoms with E-state index in [0.717, 1.165) is 0 Å². The number of hydrogen-bond acceptors (Lipinski definition) is 7. The first-order valence-electron chi connectivity index (χ1n) is 10.9. The molecule has 1 aromatic carbocycles. The number of hydrogen-bond donors (Lipinski definition) is 2. The number of benzene rings is 1. The molecule has 0 spiro atoms. The van der Waals surface area contributed by atoms with Crippen LogP contribution in [0, 0.1) is 6.92 Å². The molecule has 3 N–H and O–H groups in total. The standard InChI is InChI=1S/C23H27ClN6O3.ClH/c1-13-7-9-26-20(27-13)21(32)28-17-6-4-5-16(19(17)24)23(3)12-18(31)30(22(25)29-23)15-8-10-33-14(2)11-15;/h4-7,9,14-15H,8,10-12H2,1-3H3,(H2,25,29)(H,28,32);1H/t14-,15-,23+;/m1./s1. The van der Waals surface area contributed by atoms with Crippen LogP contribution in [0.3, 0.4) is 0 Å². The van der Waals surface area contributed by atoms with Crippen molar-refractivity contribution in [1.82, 2.24) is 14.9 Å². The zero-order valence-electron chi connectivity index (χ0n) is 19.2. The average molecular weight is 507 g/mol. The molecule has 11 heteroatoms. The second kappa shape index (κ2) is 10.2. The Morgan fingerprint density at radius 2 is 2.12 bits per heavy atom. The zero-order valence-corrected chi connectivity index (χ0v) is 20.8. The Bertz CT molecular complexity index is 1130. The van der Waals surface area contributed by atoms with E-state index in [9.17, 15) is 9.59 Å². The summed E-state index contributed by atoms with van der Waals surface area (Å²) in [6.07, 6.45) is 3.11. The molecule has 2 aromatic rings. The van der Waals surface area contributed by atoms with Gasteiger partial charge in [-0.25, -0.2) is 15.0 Å². The van der Waals surface area contributed by atoms with Crippen LogP contribution in [0.2, 0.25) is 5.02 Å². The summed E-state index contributed by atoms with van der Waals surface area (Å²) >= 11 is 6.69. The topological polar surface area (TPSA) is 123 Å². The molecule has 2 amide bonds. The molecule has 9 nitrogen and oxygen atoms in total. The Morgan fingerprint density at radius 3 is 2.79 bits per heavy atom. The van der Waals surface area contributed by atoms with Crippen LogP contribution in [0.1, 0.15) is 55.0 Å². The number of ether oxygens (including phenoxy) is 1. The average Bonchev–Trinajstić information content (AvgIpc) is 2.74. The molecular weight excluding hydrogens is 479 g/mol. The fraction of sp³-hybridized carbons (Fsp3) is 0.435. The normalized spacial score (nSPS) is 24.8. The molecular formula is C23H28Cl2N6O3. The minimum Gasteiger partial charge on any atom is -0.378 e. The molecule has 1 fully saturated rings. The Labute approximate surface area is 209 Å². The van der Waals surface area contributed by atoms with Gasteiger partial charge in [0.05, 0.1) is 28.8 Å². The third-order valence-electron chi connectivity index (χ3n) is 6.02. The summed E-state index contributed by atoms with van der Waals surface area (Å²) < 4.78 is 5.60. The van der Waals surface area contributed by atoms with Crippen molar-refractivity contribution >= 4 is 47.5 Å². The van der Waals surface area contributed by atoms with Gasteiger partial charge >= 0.3 is 0 Å². The maximum absolute atomic E-state index is 13.2. The molecule has 0 radical (unpaired) electrons. The number of amides is 2. The van der Waals surface area contributed by atoms with Gasteiger partial charge in [0.1, 0.15) is 0 Å². The number of carbonyl (C=O) groups excluding carboxylic acids is 2. The van der Waals surface area contributed by atoms with E-state index in [1.807, 2.05) is 13.8 Å². The molecule has 2 aliphatic heterocycles. The van der Waals surface area contributed by atoms with Crippen molar-refractivity contribution in [3.63, 3.8) is 0 Å². The molecule has 0 bridgehead atoms. The van der Waals surface area contributed by atoms with Crippen LogP contribution in [-0.4, -0.2) is 51.4 Å². The third-order valence-corrected chi connectivity index (χ3v) is 6.43. The Balaban J connectivity index is 0.00000324. The molecule has 0 aliphatic carbocycles. The van der Waals surface area contributed by atoms with Crippen molar-refractivity contribution in [2.45, 2.75) is 57.7 Å². The van der Waals surface area contributed by atoms with Crippen molar-refractivity contribution in [3.8, 4) is 0 Å². The molecule has 3 atom stereocenters. The number of guanidine groups is 1. The number of rotatable bonds is 4. The first-order chi connectivity index (χ1) is 15.7. The van der Waals surface area contributed by atoms with Gasteiger partial charge in [0.25, 0.3) is 5.91 Å². The van der Waals surface area contributed by atoms with Gasteiger partial charge in [0, 0.05) is 30.1 Å². The van der Waals surface area contributed by atoms with Crippen molar-refractivity contribution in [3.05, 3.63) is 52.6 Å². The summed E-state index contributed by atoms with van der Waals surface area (Å²) in [5.41, 5.74) is 7.00. The van der Waals surface area contributed by atoms with Gasteiger partial charge in [-0.15, -0.1) is 12.4 Å². The summed E-state index contributed by atoms with van der Waals surface area (Å²) in [7, 11) is 0. The minimum absolute atomic E-state index is 0. The molecule has 3 heterocycles. The lowest BCUT2D eigenvalue weighted by Gasteiger charge is -2.41. The summed E-state index contributed by atoms with van der Waals surface area (Å²) in [5.74, 6) is -0.376. The largest absolute Gasteiger partial charge is 0.378 e. The van der Waals surface area contributed by atoms with E-state index in [4.69, 9.17) is 27.1 Å². The Hall–Kier alpha value is -2.75. The van der Waals surface area contributed by atoms with E-state index >= 15 is 0 Å². The maximum atomic E-state index is 13.2. The van der Waals surface area contributed by atoms with E-state index in [0.29, 0.717) is 41.4 Å². The molecule has 2 aliphatic rings. The van der Waals surface area contributed by atoms with E-state index in [2.05, 4.69) is 15.3 Å². The Morgan fingerprint density at radius 1 is 1.35 bits per heavy atom. The van der Waals surface area contributed by atoms with Gasteiger partial charge in [0.2, 0.25) is 11.7 Å². The monoisotopic (exact) mass is 506 g/mol. The van der Waals surface area contributed by atoms with Crippen LogP contribution in [0.15, 0.2) is 35.5 Å². The molecule has 34 heavy (non-hydrogen) atoms. The number of nitrogens with zero attached hydrogens (tertiary/aromatic N) is 4. The number of anilines is 1. The van der Waals surface area contributed by atoms with Crippen molar-refractivity contribution in [1.29, 1.82) is 0 Å². The second-order valence-corrected chi connectivity index (χ2v) is 9.06. The van der Waals surface area contributed by atoms with Crippen LogP contribution in [0.5, 0.6) is 0 Å². The van der Waals surface area contributed by atoms with Gasteiger partial charge in [0.15, 0.2) is 5.96 Å². The highest BCUT2D eigenvalue weighted by Crippen LogP contribution is 2.41. The van der Waals surface area contributed by atoms with Crippen LogP contribution >= 0.6 is 24.0 Å². The van der Waals surface area contributed by atoms with Crippen molar-refractivity contribution in [2.24, 2.45) is 10.7 Å². The van der Waals surface area contributed by atoms with E-state index < -0.39 is 11.4 Å². The molecule has 1 saturated heterocycles. The number of nitrogens with two attached hydrogens (primary N) is 1. The Kier molecular flexibility index (Phi) is 7.80. The number of aromatic nitrogens is 2. The molecule has 4 rings (SSSR count). The maximum Gasteiger partial charge on any atom is 0.293 e. The molecule has 182 valence electrons. The van der Waals surface area contributed by atoms with E-state index in [-0.39, 0.29) is 48.7 Å². The highest BCUT2D eigenvalue weighted by Gasteiger charge is 2.42. The first-order valence-corrected chi connectivity index (χ1v) is 11.2. The van der Waals surface area contributed by atoms with Crippen molar-refractivity contribution in [2.75, 3.05) is 11.9 Å². The minimum atomic E-state index is -0.966. The second-order valence-electron chi connectivity index (χ2n) is 8.69. The predicted molar refractivity (Wildman–Crippen MR) is 132 cm³/mol. The number of aryl methyl sites for hydroxylation is 1. The number of halogens is 2. The van der Waals surface area contributed by atoms with Crippen LogP contribution in [0.25, 0.3) is 0 Å². The van der Waals surface area contributed by atoms with Crippen LogP contribution in [-0.2, 0) is 15.1 Å². The van der Waals surface area contributed by atoms with Gasteiger partial charge in [-0.2, -0.15) is 0 Å². The summed E-state index contributed by atoms with van der Waals surface area (Å²) in [6, 6.07) is 6.89. The smallest absolute Gasteiger partial charge is 0.293 e. The summed E-state index contributed by atoms with van der Waals surface area (Å²) in [5, 5.41) is 3.04. The molecule has 1 aromatic heterocycles. The zero-order chi connectivity index (χ0) is 23.8. The fourth-order valence-electron chi connectivity index (χ4n) is 4.39. The van der Waals surface area contributed by atoms with E-state index in [1.54, 1.807) is 36.1 Å². The molecule has 0 unspecified atom stereocenters. The fourth-order valence-corrected chi connectivity index (χ4v) is 4.77. The highest BCUT2D eigenvalue weighted by molar-refractivity contribution is 6.34.